The van der Waals surface area contributed by atoms with E-state index in [0.717, 1.165) is 25.8 Å². The van der Waals surface area contributed by atoms with E-state index in [0.29, 0.717) is 25.0 Å². The first kappa shape index (κ1) is 13.5. The third kappa shape index (κ3) is 3.76. The molecule has 0 aromatic carbocycles. The minimum absolute atomic E-state index is 0.152. The summed E-state index contributed by atoms with van der Waals surface area (Å²) in [5.41, 5.74) is 5.67. The molecule has 4 N–H and O–H groups in total. The van der Waals surface area contributed by atoms with Crippen molar-refractivity contribution in [1.29, 1.82) is 0 Å². The van der Waals surface area contributed by atoms with Crippen LogP contribution < -0.4 is 16.4 Å². The number of amides is 1. The predicted octanol–water partition coefficient (Wildman–Crippen LogP) is 0.476. The van der Waals surface area contributed by atoms with Crippen molar-refractivity contribution in [2.24, 2.45) is 17.6 Å². The second-order valence-electron chi connectivity index (χ2n) is 4.74. The van der Waals surface area contributed by atoms with E-state index in [1.54, 1.807) is 0 Å². The van der Waals surface area contributed by atoms with Crippen LogP contribution in [0.4, 0.5) is 0 Å². The summed E-state index contributed by atoms with van der Waals surface area (Å²) in [4.78, 5) is 11.9. The minimum atomic E-state index is 0.152. The highest BCUT2D eigenvalue weighted by Crippen LogP contribution is 2.30. The average molecular weight is 227 g/mol. The lowest BCUT2D eigenvalue weighted by Gasteiger charge is -2.19. The Bertz CT molecular complexity index is 220. The zero-order valence-corrected chi connectivity index (χ0v) is 10.5. The maximum absolute atomic E-state index is 11.9. The lowest BCUT2D eigenvalue weighted by molar-refractivity contribution is -0.126. The minimum Gasteiger partial charge on any atom is -0.354 e. The Balaban J connectivity index is 2.29. The Labute approximate surface area is 98.3 Å². The molecule has 0 saturated heterocycles. The van der Waals surface area contributed by atoms with Crippen molar-refractivity contribution in [2.75, 3.05) is 19.6 Å². The van der Waals surface area contributed by atoms with E-state index < -0.39 is 0 Å². The van der Waals surface area contributed by atoms with Crippen LogP contribution in [-0.4, -0.2) is 31.6 Å². The summed E-state index contributed by atoms with van der Waals surface area (Å²) >= 11 is 0. The maximum atomic E-state index is 11.9. The summed E-state index contributed by atoms with van der Waals surface area (Å²) < 4.78 is 0. The van der Waals surface area contributed by atoms with E-state index in [1.165, 1.54) is 0 Å². The first-order valence-electron chi connectivity index (χ1n) is 6.40. The fourth-order valence-electron chi connectivity index (χ4n) is 2.47. The SMILES string of the molecule is CCN[C@H](C)CNC(=O)[C@@H]1CCC[C@@H]1CN. The third-order valence-corrected chi connectivity index (χ3v) is 3.43. The predicted molar refractivity (Wildman–Crippen MR) is 66.0 cm³/mol. The highest BCUT2D eigenvalue weighted by molar-refractivity contribution is 5.79. The van der Waals surface area contributed by atoms with Gasteiger partial charge in [-0.2, -0.15) is 0 Å². The van der Waals surface area contributed by atoms with Crippen molar-refractivity contribution >= 4 is 5.91 Å². The summed E-state index contributed by atoms with van der Waals surface area (Å²) in [6.07, 6.45) is 3.25. The van der Waals surface area contributed by atoms with Gasteiger partial charge in [-0.25, -0.2) is 0 Å². The molecule has 0 aromatic rings. The van der Waals surface area contributed by atoms with Gasteiger partial charge in [0.25, 0.3) is 0 Å². The summed E-state index contributed by atoms with van der Waals surface area (Å²) in [7, 11) is 0. The van der Waals surface area contributed by atoms with E-state index in [9.17, 15) is 4.79 Å². The molecule has 0 aliphatic heterocycles. The van der Waals surface area contributed by atoms with Crippen LogP contribution in [-0.2, 0) is 4.79 Å². The topological polar surface area (TPSA) is 67.1 Å². The first-order valence-corrected chi connectivity index (χ1v) is 6.40. The van der Waals surface area contributed by atoms with Crippen molar-refractivity contribution in [3.05, 3.63) is 0 Å². The van der Waals surface area contributed by atoms with Gasteiger partial charge in [-0.15, -0.1) is 0 Å². The molecule has 1 fully saturated rings. The molecule has 0 bridgehead atoms. The molecule has 0 unspecified atom stereocenters. The van der Waals surface area contributed by atoms with Crippen LogP contribution in [0.1, 0.15) is 33.1 Å². The number of likely N-dealkylation sites (N-methyl/N-ethyl adjacent to an activating group) is 1. The van der Waals surface area contributed by atoms with Crippen molar-refractivity contribution in [3.8, 4) is 0 Å². The zero-order valence-electron chi connectivity index (χ0n) is 10.5. The van der Waals surface area contributed by atoms with Gasteiger partial charge in [0, 0.05) is 18.5 Å². The molecule has 1 aliphatic carbocycles. The fraction of sp³-hybridized carbons (Fsp3) is 0.917. The van der Waals surface area contributed by atoms with Gasteiger partial charge in [-0.1, -0.05) is 13.3 Å². The Morgan fingerprint density at radius 1 is 1.50 bits per heavy atom. The second-order valence-corrected chi connectivity index (χ2v) is 4.74. The fourth-order valence-corrected chi connectivity index (χ4v) is 2.47. The molecular weight excluding hydrogens is 202 g/mol. The molecule has 1 aliphatic rings. The largest absolute Gasteiger partial charge is 0.354 e. The molecule has 0 aromatic heterocycles. The quantitative estimate of drug-likeness (QED) is 0.618. The van der Waals surface area contributed by atoms with Gasteiger partial charge in [-0.05, 0) is 38.8 Å². The van der Waals surface area contributed by atoms with Gasteiger partial charge in [-0.3, -0.25) is 4.79 Å². The zero-order chi connectivity index (χ0) is 12.0. The Hall–Kier alpha value is -0.610. The maximum Gasteiger partial charge on any atom is 0.223 e. The van der Waals surface area contributed by atoms with E-state index in [2.05, 4.69) is 24.5 Å². The van der Waals surface area contributed by atoms with Crippen LogP contribution in [0.5, 0.6) is 0 Å². The summed E-state index contributed by atoms with van der Waals surface area (Å²) in [6, 6.07) is 0.340. The van der Waals surface area contributed by atoms with E-state index in [-0.39, 0.29) is 11.8 Å². The van der Waals surface area contributed by atoms with Crippen molar-refractivity contribution in [1.82, 2.24) is 10.6 Å². The molecule has 1 saturated carbocycles. The molecule has 1 rings (SSSR count). The second kappa shape index (κ2) is 6.86. The molecular formula is C12H25N3O. The number of nitrogens with two attached hydrogens (primary N) is 1. The number of rotatable bonds is 6. The average Bonchev–Trinajstić information content (AvgIpc) is 2.74. The van der Waals surface area contributed by atoms with E-state index in [1.807, 2.05) is 0 Å². The van der Waals surface area contributed by atoms with E-state index in [4.69, 9.17) is 5.73 Å². The van der Waals surface area contributed by atoms with Crippen LogP contribution in [0.15, 0.2) is 0 Å². The van der Waals surface area contributed by atoms with Gasteiger partial charge < -0.3 is 16.4 Å². The number of hydrogen-bond donors (Lipinski definition) is 3. The van der Waals surface area contributed by atoms with Crippen molar-refractivity contribution < 1.29 is 4.79 Å². The Kier molecular flexibility index (Phi) is 5.77. The van der Waals surface area contributed by atoms with E-state index >= 15 is 0 Å². The van der Waals surface area contributed by atoms with Crippen LogP contribution in [0.2, 0.25) is 0 Å². The Morgan fingerprint density at radius 3 is 2.88 bits per heavy atom. The molecule has 1 amide bonds. The summed E-state index contributed by atoms with van der Waals surface area (Å²) in [5, 5.41) is 6.29. The first-order chi connectivity index (χ1) is 7.69. The summed E-state index contributed by atoms with van der Waals surface area (Å²) in [5.74, 6) is 0.742. The van der Waals surface area contributed by atoms with Gasteiger partial charge in [0.15, 0.2) is 0 Å². The highest BCUT2D eigenvalue weighted by atomic mass is 16.1. The normalized spacial score (nSPS) is 26.7. The smallest absolute Gasteiger partial charge is 0.223 e. The van der Waals surface area contributed by atoms with Crippen molar-refractivity contribution in [2.45, 2.75) is 39.2 Å². The molecule has 0 heterocycles. The van der Waals surface area contributed by atoms with Crippen LogP contribution in [0.3, 0.4) is 0 Å². The molecule has 16 heavy (non-hydrogen) atoms. The monoisotopic (exact) mass is 227 g/mol. The molecule has 0 radical (unpaired) electrons. The molecule has 4 heteroatoms. The third-order valence-electron chi connectivity index (χ3n) is 3.43. The lowest BCUT2D eigenvalue weighted by atomic mass is 9.95. The van der Waals surface area contributed by atoms with Gasteiger partial charge in [0.05, 0.1) is 0 Å². The van der Waals surface area contributed by atoms with Crippen LogP contribution in [0.25, 0.3) is 0 Å². The molecule has 4 nitrogen and oxygen atoms in total. The molecule has 3 atom stereocenters. The highest BCUT2D eigenvalue weighted by Gasteiger charge is 2.31. The number of hydrogen-bond acceptors (Lipinski definition) is 3. The summed E-state index contributed by atoms with van der Waals surface area (Å²) in [6.45, 7) is 6.44. The van der Waals surface area contributed by atoms with Gasteiger partial charge in [0.1, 0.15) is 0 Å². The van der Waals surface area contributed by atoms with Crippen molar-refractivity contribution in [3.63, 3.8) is 0 Å². The van der Waals surface area contributed by atoms with Gasteiger partial charge >= 0.3 is 0 Å². The number of carbonyl (C=O) groups is 1. The Morgan fingerprint density at radius 2 is 2.25 bits per heavy atom. The standard InChI is InChI=1S/C12H25N3O/c1-3-14-9(2)8-15-12(16)11-6-4-5-10(11)7-13/h9-11,14H,3-8,13H2,1-2H3,(H,15,16)/t9-,10-,11-/m1/s1. The number of carbonyl (C=O) groups excluding carboxylic acids is 1. The lowest BCUT2D eigenvalue weighted by Crippen LogP contribution is -2.42. The number of nitrogens with one attached hydrogen (secondary N) is 2. The van der Waals surface area contributed by atoms with Crippen LogP contribution in [0, 0.1) is 11.8 Å². The molecule has 94 valence electrons. The van der Waals surface area contributed by atoms with Gasteiger partial charge in [0.2, 0.25) is 5.91 Å². The molecule has 0 spiro atoms. The van der Waals surface area contributed by atoms with Crippen LogP contribution >= 0.6 is 0 Å².